The van der Waals surface area contributed by atoms with Crippen LogP contribution in [0.15, 0.2) is 23.8 Å². The van der Waals surface area contributed by atoms with Crippen LogP contribution < -0.4 is 0 Å². The molecule has 0 fully saturated rings. The average Bonchev–Trinajstić information content (AvgIpc) is 2.37. The van der Waals surface area contributed by atoms with E-state index in [1.165, 1.54) is 6.08 Å². The van der Waals surface area contributed by atoms with E-state index in [-0.39, 0.29) is 24.4 Å². The highest BCUT2D eigenvalue weighted by Crippen LogP contribution is 2.34. The van der Waals surface area contributed by atoms with E-state index in [1.807, 2.05) is 13.8 Å². The van der Waals surface area contributed by atoms with E-state index >= 15 is 0 Å². The van der Waals surface area contributed by atoms with Crippen LogP contribution in [-0.4, -0.2) is 30.9 Å². The largest absolute Gasteiger partial charge is 0.465 e. The Morgan fingerprint density at radius 3 is 2.18 bits per heavy atom. The minimum Gasteiger partial charge on any atom is -0.465 e. The van der Waals surface area contributed by atoms with E-state index in [2.05, 4.69) is 0 Å². The Kier molecular flexibility index (Phi) is 6.53. The van der Waals surface area contributed by atoms with Gasteiger partial charge in [-0.1, -0.05) is 26.0 Å². The maximum atomic E-state index is 11.9. The monoisotopic (exact) mass is 308 g/mol. The SMILES string of the molecule is CCOC(=O)C(/C=C/C1=CC(=O)CC(C)(C)C1)C(=O)OCC. The molecule has 0 spiro atoms. The van der Waals surface area contributed by atoms with Crippen molar-refractivity contribution in [3.63, 3.8) is 0 Å². The van der Waals surface area contributed by atoms with Gasteiger partial charge in [0.05, 0.1) is 13.2 Å². The number of rotatable bonds is 6. The first kappa shape index (κ1) is 18.1. The number of esters is 2. The van der Waals surface area contributed by atoms with Crippen molar-refractivity contribution in [1.29, 1.82) is 0 Å². The zero-order valence-corrected chi connectivity index (χ0v) is 13.7. The zero-order chi connectivity index (χ0) is 16.8. The molecule has 0 saturated heterocycles. The number of hydrogen-bond acceptors (Lipinski definition) is 5. The van der Waals surface area contributed by atoms with Crippen LogP contribution in [0.5, 0.6) is 0 Å². The van der Waals surface area contributed by atoms with Crippen LogP contribution in [0.3, 0.4) is 0 Å². The molecule has 0 saturated carbocycles. The molecule has 0 unspecified atom stereocenters. The fourth-order valence-corrected chi connectivity index (χ4v) is 2.44. The van der Waals surface area contributed by atoms with Crippen molar-refractivity contribution in [2.24, 2.45) is 11.3 Å². The Bertz CT molecular complexity index is 481. The molecule has 5 nitrogen and oxygen atoms in total. The predicted octanol–water partition coefficient (Wildman–Crippen LogP) is 2.60. The van der Waals surface area contributed by atoms with Gasteiger partial charge in [0.2, 0.25) is 0 Å². The number of ether oxygens (including phenoxy) is 2. The molecule has 0 aliphatic heterocycles. The molecular formula is C17H24O5. The van der Waals surface area contributed by atoms with Crippen LogP contribution in [0.2, 0.25) is 0 Å². The molecule has 5 heteroatoms. The second-order valence-corrected chi connectivity index (χ2v) is 6.04. The third-order valence-electron chi connectivity index (χ3n) is 3.27. The molecule has 0 bridgehead atoms. The quantitative estimate of drug-likeness (QED) is 0.557. The molecule has 0 aromatic heterocycles. The number of carbonyl (C=O) groups excluding carboxylic acids is 3. The van der Waals surface area contributed by atoms with Crippen molar-refractivity contribution in [1.82, 2.24) is 0 Å². The summed E-state index contributed by atoms with van der Waals surface area (Å²) >= 11 is 0. The highest BCUT2D eigenvalue weighted by molar-refractivity contribution is 5.97. The van der Waals surface area contributed by atoms with Gasteiger partial charge in [-0.25, -0.2) is 0 Å². The number of allylic oxidation sites excluding steroid dienone is 3. The molecule has 1 rings (SSSR count). The molecule has 1 aliphatic rings. The zero-order valence-electron chi connectivity index (χ0n) is 13.7. The fourth-order valence-electron chi connectivity index (χ4n) is 2.44. The summed E-state index contributed by atoms with van der Waals surface area (Å²) in [5.74, 6) is -2.32. The highest BCUT2D eigenvalue weighted by atomic mass is 16.6. The standard InChI is InChI=1S/C17H24O5/c1-5-21-15(19)14(16(20)22-6-2)8-7-12-9-13(18)11-17(3,4)10-12/h7-9,14H,5-6,10-11H2,1-4H3/b8-7+. The van der Waals surface area contributed by atoms with Crippen LogP contribution in [0.1, 0.15) is 40.5 Å². The number of hydrogen-bond donors (Lipinski definition) is 0. The van der Waals surface area contributed by atoms with E-state index in [0.717, 1.165) is 5.57 Å². The number of carbonyl (C=O) groups is 3. The van der Waals surface area contributed by atoms with Crippen molar-refractivity contribution in [3.05, 3.63) is 23.8 Å². The minimum absolute atomic E-state index is 0.0553. The summed E-state index contributed by atoms with van der Waals surface area (Å²) in [4.78, 5) is 35.4. The highest BCUT2D eigenvalue weighted by Gasteiger charge is 2.29. The lowest BCUT2D eigenvalue weighted by atomic mass is 9.76. The summed E-state index contributed by atoms with van der Waals surface area (Å²) in [5, 5.41) is 0. The molecule has 0 aromatic carbocycles. The second kappa shape index (κ2) is 7.92. The summed E-state index contributed by atoms with van der Waals surface area (Å²) in [6.45, 7) is 7.76. The Morgan fingerprint density at radius 1 is 1.18 bits per heavy atom. The van der Waals surface area contributed by atoms with E-state index in [4.69, 9.17) is 9.47 Å². The van der Waals surface area contributed by atoms with Gasteiger partial charge in [-0.2, -0.15) is 0 Å². The molecule has 0 aromatic rings. The summed E-state index contributed by atoms with van der Waals surface area (Å²) in [5.41, 5.74) is 0.689. The van der Waals surface area contributed by atoms with E-state index in [9.17, 15) is 14.4 Å². The third-order valence-corrected chi connectivity index (χ3v) is 3.27. The van der Waals surface area contributed by atoms with Gasteiger partial charge in [0.25, 0.3) is 0 Å². The van der Waals surface area contributed by atoms with Crippen molar-refractivity contribution in [2.75, 3.05) is 13.2 Å². The average molecular weight is 308 g/mol. The molecule has 0 N–H and O–H groups in total. The van der Waals surface area contributed by atoms with Gasteiger partial charge >= 0.3 is 11.9 Å². The van der Waals surface area contributed by atoms with Crippen LogP contribution >= 0.6 is 0 Å². The Hall–Kier alpha value is -1.91. The van der Waals surface area contributed by atoms with Crippen LogP contribution in [-0.2, 0) is 23.9 Å². The van der Waals surface area contributed by atoms with Gasteiger partial charge in [-0.3, -0.25) is 14.4 Å². The van der Waals surface area contributed by atoms with Gasteiger partial charge in [0, 0.05) is 6.42 Å². The summed E-state index contributed by atoms with van der Waals surface area (Å²) in [7, 11) is 0. The number of ketones is 1. The molecule has 122 valence electrons. The maximum absolute atomic E-state index is 11.9. The van der Waals surface area contributed by atoms with E-state index in [1.54, 1.807) is 26.0 Å². The predicted molar refractivity (Wildman–Crippen MR) is 82.0 cm³/mol. The lowest BCUT2D eigenvalue weighted by Gasteiger charge is -2.27. The van der Waals surface area contributed by atoms with Gasteiger partial charge in [-0.05, 0) is 37.3 Å². The smallest absolute Gasteiger partial charge is 0.324 e. The van der Waals surface area contributed by atoms with Gasteiger partial charge in [0.1, 0.15) is 0 Å². The first-order valence-corrected chi connectivity index (χ1v) is 7.54. The Morgan fingerprint density at radius 2 is 1.73 bits per heavy atom. The first-order chi connectivity index (χ1) is 10.3. The fraction of sp³-hybridized carbons (Fsp3) is 0.588. The van der Waals surface area contributed by atoms with E-state index < -0.39 is 17.9 Å². The molecule has 0 heterocycles. The lowest BCUT2D eigenvalue weighted by molar-refractivity contribution is -0.158. The molecule has 22 heavy (non-hydrogen) atoms. The van der Waals surface area contributed by atoms with Crippen molar-refractivity contribution in [3.8, 4) is 0 Å². The van der Waals surface area contributed by atoms with Crippen LogP contribution in [0, 0.1) is 11.3 Å². The van der Waals surface area contributed by atoms with Crippen LogP contribution in [0.4, 0.5) is 0 Å². The summed E-state index contributed by atoms with van der Waals surface area (Å²) in [6.07, 6.45) is 5.89. The van der Waals surface area contributed by atoms with Gasteiger partial charge < -0.3 is 9.47 Å². The summed E-state index contributed by atoms with van der Waals surface area (Å²) < 4.78 is 9.79. The van der Waals surface area contributed by atoms with Crippen LogP contribution in [0.25, 0.3) is 0 Å². The topological polar surface area (TPSA) is 69.7 Å². The second-order valence-electron chi connectivity index (χ2n) is 6.04. The van der Waals surface area contributed by atoms with E-state index in [0.29, 0.717) is 12.8 Å². The van der Waals surface area contributed by atoms with Crippen molar-refractivity contribution < 1.29 is 23.9 Å². The Balaban J connectivity index is 2.90. The molecule has 1 aliphatic carbocycles. The maximum Gasteiger partial charge on any atom is 0.324 e. The third kappa shape index (κ3) is 5.47. The molecular weight excluding hydrogens is 284 g/mol. The minimum atomic E-state index is -1.10. The van der Waals surface area contributed by atoms with Crippen molar-refractivity contribution >= 4 is 17.7 Å². The Labute approximate surface area is 131 Å². The van der Waals surface area contributed by atoms with Gasteiger partial charge in [-0.15, -0.1) is 0 Å². The van der Waals surface area contributed by atoms with Gasteiger partial charge in [0.15, 0.2) is 11.7 Å². The molecule has 0 radical (unpaired) electrons. The van der Waals surface area contributed by atoms with Crippen molar-refractivity contribution in [2.45, 2.75) is 40.5 Å². The first-order valence-electron chi connectivity index (χ1n) is 7.54. The normalized spacial score (nSPS) is 17.5. The molecule has 0 atom stereocenters. The summed E-state index contributed by atoms with van der Waals surface area (Å²) in [6, 6.07) is 0. The lowest BCUT2D eigenvalue weighted by Crippen LogP contribution is -2.26. The molecule has 0 amide bonds.